The van der Waals surface area contributed by atoms with Gasteiger partial charge in [0.05, 0.1) is 0 Å². The summed E-state index contributed by atoms with van der Waals surface area (Å²) >= 11 is 0. The molecule has 19 heavy (non-hydrogen) atoms. The van der Waals surface area contributed by atoms with Crippen LogP contribution < -0.4 is 11.1 Å². The van der Waals surface area contributed by atoms with E-state index in [4.69, 9.17) is 5.73 Å². The molecule has 1 atom stereocenters. The lowest BCUT2D eigenvalue weighted by molar-refractivity contribution is -0.123. The van der Waals surface area contributed by atoms with Gasteiger partial charge in [0.1, 0.15) is 0 Å². The molecule has 0 aromatic carbocycles. The summed E-state index contributed by atoms with van der Waals surface area (Å²) in [5.74, 6) is 0.146. The van der Waals surface area contributed by atoms with Crippen LogP contribution in [0.4, 0.5) is 0 Å². The molecule has 3 N–H and O–H groups in total. The Hall–Kier alpha value is -0.570. The second-order valence-corrected chi connectivity index (χ2v) is 6.42. The highest BCUT2D eigenvalue weighted by Crippen LogP contribution is 2.28. The molecule has 0 spiro atoms. The molecule has 0 bridgehead atoms. The zero-order chi connectivity index (χ0) is 14.1. The minimum Gasteiger partial charge on any atom is -0.354 e. The van der Waals surface area contributed by atoms with Crippen molar-refractivity contribution in [3.8, 4) is 0 Å². The first kappa shape index (κ1) is 16.5. The van der Waals surface area contributed by atoms with E-state index < -0.39 is 0 Å². The predicted molar refractivity (Wildman–Crippen MR) is 81.0 cm³/mol. The number of rotatable bonds is 8. The number of nitrogens with two attached hydrogens (primary N) is 1. The Kier molecular flexibility index (Phi) is 7.44. The molecule has 3 nitrogen and oxygen atoms in total. The molecular formula is C16H32N2O. The standard InChI is InChI=1S/C16H32N2O/c1-3-4-5-7-10-14(2)18-15(19)13-16(17)11-8-6-9-12-16/h14H,3-13,17H2,1-2H3,(H,18,19). The number of nitrogens with one attached hydrogen (secondary N) is 1. The smallest absolute Gasteiger partial charge is 0.222 e. The molecule has 0 radical (unpaired) electrons. The fraction of sp³-hybridized carbons (Fsp3) is 0.938. The first-order chi connectivity index (χ1) is 9.06. The van der Waals surface area contributed by atoms with E-state index in [1.54, 1.807) is 0 Å². The minimum absolute atomic E-state index is 0.146. The molecule has 0 heterocycles. The van der Waals surface area contributed by atoms with Crippen molar-refractivity contribution in [1.82, 2.24) is 5.32 Å². The number of carbonyl (C=O) groups is 1. The topological polar surface area (TPSA) is 55.1 Å². The fourth-order valence-electron chi connectivity index (χ4n) is 3.03. The highest BCUT2D eigenvalue weighted by molar-refractivity contribution is 5.77. The van der Waals surface area contributed by atoms with Gasteiger partial charge in [-0.25, -0.2) is 0 Å². The van der Waals surface area contributed by atoms with Crippen molar-refractivity contribution in [3.63, 3.8) is 0 Å². The zero-order valence-corrected chi connectivity index (χ0v) is 12.8. The van der Waals surface area contributed by atoms with Gasteiger partial charge >= 0.3 is 0 Å². The maximum atomic E-state index is 12.0. The number of unbranched alkanes of at least 4 members (excludes halogenated alkanes) is 3. The number of amides is 1. The van der Waals surface area contributed by atoms with Gasteiger partial charge in [-0.05, 0) is 26.2 Å². The van der Waals surface area contributed by atoms with Gasteiger partial charge in [0.15, 0.2) is 0 Å². The molecule has 0 aliphatic heterocycles. The Morgan fingerprint density at radius 2 is 1.89 bits per heavy atom. The van der Waals surface area contributed by atoms with Crippen LogP contribution in [0.1, 0.15) is 84.5 Å². The molecule has 0 aromatic heterocycles. The van der Waals surface area contributed by atoms with E-state index in [1.165, 1.54) is 44.9 Å². The van der Waals surface area contributed by atoms with E-state index in [0.717, 1.165) is 19.3 Å². The van der Waals surface area contributed by atoms with Crippen molar-refractivity contribution in [2.75, 3.05) is 0 Å². The lowest BCUT2D eigenvalue weighted by Crippen LogP contribution is -2.47. The summed E-state index contributed by atoms with van der Waals surface area (Å²) in [4.78, 5) is 12.0. The van der Waals surface area contributed by atoms with Crippen molar-refractivity contribution in [1.29, 1.82) is 0 Å². The van der Waals surface area contributed by atoms with Crippen LogP contribution in [0.5, 0.6) is 0 Å². The van der Waals surface area contributed by atoms with Crippen molar-refractivity contribution in [2.24, 2.45) is 5.73 Å². The Morgan fingerprint density at radius 3 is 2.53 bits per heavy atom. The van der Waals surface area contributed by atoms with Crippen LogP contribution in [0.2, 0.25) is 0 Å². The van der Waals surface area contributed by atoms with Crippen molar-refractivity contribution in [3.05, 3.63) is 0 Å². The highest BCUT2D eigenvalue weighted by atomic mass is 16.1. The van der Waals surface area contributed by atoms with Crippen LogP contribution in [0.15, 0.2) is 0 Å². The van der Waals surface area contributed by atoms with E-state index in [0.29, 0.717) is 6.42 Å². The van der Waals surface area contributed by atoms with Crippen LogP contribution in [0.3, 0.4) is 0 Å². The van der Waals surface area contributed by atoms with Gasteiger partial charge < -0.3 is 11.1 Å². The number of carbonyl (C=O) groups excluding carboxylic acids is 1. The van der Waals surface area contributed by atoms with Gasteiger partial charge in [0, 0.05) is 18.0 Å². The molecule has 1 aliphatic rings. The molecule has 0 saturated heterocycles. The highest BCUT2D eigenvalue weighted by Gasteiger charge is 2.30. The zero-order valence-electron chi connectivity index (χ0n) is 12.8. The monoisotopic (exact) mass is 268 g/mol. The quantitative estimate of drug-likeness (QED) is 0.662. The molecule has 1 saturated carbocycles. The summed E-state index contributed by atoms with van der Waals surface area (Å²) in [6, 6.07) is 0.288. The van der Waals surface area contributed by atoms with Crippen LogP contribution in [0.25, 0.3) is 0 Å². The summed E-state index contributed by atoms with van der Waals surface area (Å²) in [5, 5.41) is 3.11. The van der Waals surface area contributed by atoms with E-state index in [2.05, 4.69) is 19.2 Å². The Bertz CT molecular complexity index is 259. The van der Waals surface area contributed by atoms with E-state index in [1.807, 2.05) is 0 Å². The largest absolute Gasteiger partial charge is 0.354 e. The summed E-state index contributed by atoms with van der Waals surface area (Å²) in [6.07, 6.45) is 12.3. The Morgan fingerprint density at radius 1 is 1.21 bits per heavy atom. The van der Waals surface area contributed by atoms with Crippen molar-refractivity contribution in [2.45, 2.75) is 96.1 Å². The summed E-state index contributed by atoms with van der Waals surface area (Å²) in [7, 11) is 0. The van der Waals surface area contributed by atoms with E-state index in [-0.39, 0.29) is 17.5 Å². The van der Waals surface area contributed by atoms with Gasteiger partial charge in [-0.2, -0.15) is 0 Å². The maximum absolute atomic E-state index is 12.0. The average molecular weight is 268 g/mol. The van der Waals surface area contributed by atoms with Crippen molar-refractivity contribution < 1.29 is 4.79 Å². The van der Waals surface area contributed by atoms with Crippen molar-refractivity contribution >= 4 is 5.91 Å². The molecule has 3 heteroatoms. The molecule has 1 fully saturated rings. The Balaban J connectivity index is 2.18. The van der Waals surface area contributed by atoms with Gasteiger partial charge in [-0.15, -0.1) is 0 Å². The van der Waals surface area contributed by atoms with Gasteiger partial charge in [-0.3, -0.25) is 4.79 Å². The fourth-order valence-corrected chi connectivity index (χ4v) is 3.03. The predicted octanol–water partition coefficient (Wildman–Crippen LogP) is 3.51. The molecule has 1 rings (SSSR count). The van der Waals surface area contributed by atoms with Gasteiger partial charge in [0.25, 0.3) is 0 Å². The number of hydrogen-bond acceptors (Lipinski definition) is 2. The van der Waals surface area contributed by atoms with Gasteiger partial charge in [-0.1, -0.05) is 51.9 Å². The summed E-state index contributed by atoms with van der Waals surface area (Å²) in [6.45, 7) is 4.32. The molecular weight excluding hydrogens is 236 g/mol. The minimum atomic E-state index is -0.232. The third-order valence-electron chi connectivity index (χ3n) is 4.26. The van der Waals surface area contributed by atoms with Crippen LogP contribution in [-0.2, 0) is 4.79 Å². The first-order valence-electron chi connectivity index (χ1n) is 8.14. The molecule has 1 aliphatic carbocycles. The second-order valence-electron chi connectivity index (χ2n) is 6.42. The normalized spacial score (nSPS) is 19.9. The lowest BCUT2D eigenvalue weighted by atomic mass is 9.80. The molecule has 112 valence electrons. The SMILES string of the molecule is CCCCCCC(C)NC(=O)CC1(N)CCCCC1. The van der Waals surface area contributed by atoms with Crippen LogP contribution in [-0.4, -0.2) is 17.5 Å². The maximum Gasteiger partial charge on any atom is 0.222 e. The molecule has 1 unspecified atom stereocenters. The van der Waals surface area contributed by atoms with Gasteiger partial charge in [0.2, 0.25) is 5.91 Å². The third kappa shape index (κ3) is 6.95. The third-order valence-corrected chi connectivity index (χ3v) is 4.26. The van der Waals surface area contributed by atoms with Crippen LogP contribution >= 0.6 is 0 Å². The molecule has 1 amide bonds. The average Bonchev–Trinajstić information content (AvgIpc) is 2.34. The summed E-state index contributed by atoms with van der Waals surface area (Å²) < 4.78 is 0. The van der Waals surface area contributed by atoms with E-state index >= 15 is 0 Å². The first-order valence-corrected chi connectivity index (χ1v) is 8.14. The van der Waals surface area contributed by atoms with E-state index in [9.17, 15) is 4.79 Å². The lowest BCUT2D eigenvalue weighted by Gasteiger charge is -2.33. The molecule has 0 aromatic rings. The summed E-state index contributed by atoms with van der Waals surface area (Å²) in [5.41, 5.74) is 6.08. The second kappa shape index (κ2) is 8.57. The Labute approximate surface area is 118 Å². The van der Waals surface area contributed by atoms with Crippen LogP contribution in [0, 0.1) is 0 Å². The number of hydrogen-bond donors (Lipinski definition) is 2.